The van der Waals surface area contributed by atoms with Crippen molar-refractivity contribution in [2.24, 2.45) is 5.41 Å². The molecule has 3 aliphatic heterocycles. The smallest absolute Gasteiger partial charge is 0.327 e. The van der Waals surface area contributed by atoms with Gasteiger partial charge in [-0.1, -0.05) is 36.4 Å². The first-order valence-corrected chi connectivity index (χ1v) is 14.6. The number of rotatable bonds is 12. The Kier molecular flexibility index (Phi) is 8.93. The number of carbonyl (C=O) groups excluding carboxylic acids is 3. The number of hydrogen-bond donors (Lipinski definition) is 4. The number of ether oxygens (including phenoxy) is 4. The molecule has 4 N–H and O–H groups in total. The monoisotopic (exact) mass is 609 g/mol. The molecule has 2 aromatic rings. The third-order valence-corrected chi connectivity index (χ3v) is 8.47. The van der Waals surface area contributed by atoms with Crippen molar-refractivity contribution in [1.29, 1.82) is 0 Å². The predicted octanol–water partition coefficient (Wildman–Crippen LogP) is 0.246. The van der Waals surface area contributed by atoms with Crippen LogP contribution in [0.15, 0.2) is 54.8 Å². The highest BCUT2D eigenvalue weighted by Crippen LogP contribution is 2.55. The standard InChI is InChI=1S/C31H35N3O10/c35-10-9-32-28(37)21-7-3-4-19(14-21)16-33-30(39)31-15-23-24-25(42-18-41-24)27(31)44-34(26(31)29(38)43-23)17-22-6-2-1-5-20(22)8-12-40-13-11-36/h1-8,12,14,23-27,35-36H,9-11,13,15-18H2,(H,32,37)(H,33,39). The van der Waals surface area contributed by atoms with Crippen molar-refractivity contribution in [2.45, 2.75) is 50.0 Å². The molecule has 13 nitrogen and oxygen atoms in total. The van der Waals surface area contributed by atoms with Gasteiger partial charge in [-0.05, 0) is 34.9 Å². The van der Waals surface area contributed by atoms with Crippen molar-refractivity contribution in [3.8, 4) is 0 Å². The third kappa shape index (κ3) is 5.58. The fourth-order valence-corrected chi connectivity index (χ4v) is 6.52. The van der Waals surface area contributed by atoms with Crippen LogP contribution in [0.3, 0.4) is 0 Å². The zero-order valence-electron chi connectivity index (χ0n) is 23.9. The first-order chi connectivity index (χ1) is 21.5. The van der Waals surface area contributed by atoms with Crippen molar-refractivity contribution >= 4 is 23.9 Å². The van der Waals surface area contributed by atoms with Gasteiger partial charge in [0.05, 0.1) is 26.0 Å². The first kappa shape index (κ1) is 30.2. The Balaban J connectivity index is 1.26. The molecule has 2 bridgehead atoms. The van der Waals surface area contributed by atoms with Crippen LogP contribution in [0, 0.1) is 5.41 Å². The molecule has 2 amide bonds. The van der Waals surface area contributed by atoms with Crippen LogP contribution in [0.4, 0.5) is 0 Å². The van der Waals surface area contributed by atoms with E-state index in [4.69, 9.17) is 34.0 Å². The van der Waals surface area contributed by atoms with Gasteiger partial charge in [0.15, 0.2) is 6.04 Å². The molecule has 0 aromatic heterocycles. The van der Waals surface area contributed by atoms with Crippen LogP contribution in [0.5, 0.6) is 0 Å². The lowest BCUT2D eigenvalue weighted by atomic mass is 9.62. The molecule has 3 heterocycles. The molecule has 4 aliphatic rings. The van der Waals surface area contributed by atoms with Crippen LogP contribution in [-0.4, -0.2) is 96.7 Å². The summed E-state index contributed by atoms with van der Waals surface area (Å²) in [6.07, 6.45) is 0.784. The maximum absolute atomic E-state index is 14.2. The molecular formula is C31H35N3O10. The Hall–Kier alpha value is -3.85. The molecule has 6 rings (SSSR count). The van der Waals surface area contributed by atoms with Gasteiger partial charge in [0, 0.05) is 25.1 Å². The van der Waals surface area contributed by atoms with E-state index in [1.807, 2.05) is 24.3 Å². The Labute approximate surface area is 253 Å². The van der Waals surface area contributed by atoms with Crippen LogP contribution < -0.4 is 10.6 Å². The first-order valence-electron chi connectivity index (χ1n) is 14.6. The van der Waals surface area contributed by atoms with E-state index in [9.17, 15) is 14.4 Å². The summed E-state index contributed by atoms with van der Waals surface area (Å²) in [7, 11) is 0. The Morgan fingerprint density at radius 2 is 1.91 bits per heavy atom. The highest BCUT2D eigenvalue weighted by atomic mass is 16.8. The molecule has 2 aromatic carbocycles. The fourth-order valence-electron chi connectivity index (χ4n) is 6.52. The maximum Gasteiger partial charge on any atom is 0.327 e. The van der Waals surface area contributed by atoms with E-state index in [1.54, 1.807) is 30.3 Å². The van der Waals surface area contributed by atoms with Crippen LogP contribution in [-0.2, 0) is 46.5 Å². The molecule has 234 valence electrons. The number of nitrogens with one attached hydrogen (secondary N) is 2. The average Bonchev–Trinajstić information content (AvgIpc) is 3.66. The minimum atomic E-state index is -1.32. The van der Waals surface area contributed by atoms with Gasteiger partial charge in [-0.3, -0.25) is 19.2 Å². The fraction of sp³-hybridized carbons (Fsp3) is 0.452. The highest BCUT2D eigenvalue weighted by molar-refractivity contribution is 5.95. The summed E-state index contributed by atoms with van der Waals surface area (Å²) < 4.78 is 22.8. The van der Waals surface area contributed by atoms with Gasteiger partial charge in [-0.2, -0.15) is 5.06 Å². The van der Waals surface area contributed by atoms with E-state index in [0.717, 1.165) is 11.1 Å². The number of aliphatic hydroxyl groups is 2. The molecule has 6 unspecified atom stereocenters. The quantitative estimate of drug-likeness (QED) is 0.148. The van der Waals surface area contributed by atoms with E-state index in [2.05, 4.69) is 10.6 Å². The van der Waals surface area contributed by atoms with Gasteiger partial charge >= 0.3 is 5.97 Å². The van der Waals surface area contributed by atoms with Crippen molar-refractivity contribution in [2.75, 3.05) is 33.2 Å². The van der Waals surface area contributed by atoms with Gasteiger partial charge in [-0.25, -0.2) is 0 Å². The summed E-state index contributed by atoms with van der Waals surface area (Å²) in [4.78, 5) is 46.7. The van der Waals surface area contributed by atoms with Crippen molar-refractivity contribution < 1.29 is 48.4 Å². The van der Waals surface area contributed by atoms with Gasteiger partial charge < -0.3 is 39.8 Å². The van der Waals surface area contributed by atoms with Crippen LogP contribution >= 0.6 is 0 Å². The largest absolute Gasteiger partial charge is 0.499 e. The maximum atomic E-state index is 14.2. The second kappa shape index (κ2) is 13.0. The summed E-state index contributed by atoms with van der Waals surface area (Å²) in [5.74, 6) is -1.29. The van der Waals surface area contributed by atoms with Crippen molar-refractivity contribution in [3.63, 3.8) is 0 Å². The Morgan fingerprint density at radius 3 is 2.75 bits per heavy atom. The molecule has 0 spiro atoms. The number of fused-ring (bicyclic) bond motifs is 4. The van der Waals surface area contributed by atoms with Crippen molar-refractivity contribution in [1.82, 2.24) is 15.7 Å². The molecule has 1 saturated carbocycles. The van der Waals surface area contributed by atoms with Gasteiger partial charge in [0.2, 0.25) is 5.91 Å². The molecule has 6 atom stereocenters. The number of carbonyl (C=O) groups is 3. The molecule has 4 fully saturated rings. The lowest BCUT2D eigenvalue weighted by Gasteiger charge is -2.48. The molecule has 13 heteroatoms. The zero-order valence-corrected chi connectivity index (χ0v) is 23.9. The predicted molar refractivity (Wildman–Crippen MR) is 152 cm³/mol. The molecule has 3 saturated heterocycles. The Bertz CT molecular complexity index is 1420. The lowest BCUT2D eigenvalue weighted by Crippen LogP contribution is -2.69. The Morgan fingerprint density at radius 1 is 1.07 bits per heavy atom. The van der Waals surface area contributed by atoms with Crippen LogP contribution in [0.2, 0.25) is 0 Å². The van der Waals surface area contributed by atoms with Crippen LogP contribution in [0.25, 0.3) is 6.08 Å². The molecule has 1 aliphatic carbocycles. The number of hydroxylamine groups is 2. The summed E-state index contributed by atoms with van der Waals surface area (Å²) in [5, 5.41) is 25.1. The average molecular weight is 610 g/mol. The molecule has 44 heavy (non-hydrogen) atoms. The van der Waals surface area contributed by atoms with E-state index < -0.39 is 41.8 Å². The van der Waals surface area contributed by atoms with E-state index in [1.165, 1.54) is 11.3 Å². The summed E-state index contributed by atoms with van der Waals surface area (Å²) in [6, 6.07) is 13.3. The van der Waals surface area contributed by atoms with E-state index in [-0.39, 0.29) is 64.5 Å². The highest BCUT2D eigenvalue weighted by Gasteiger charge is 2.74. The molecule has 0 radical (unpaired) electrons. The lowest BCUT2D eigenvalue weighted by molar-refractivity contribution is -0.201. The number of amides is 2. The topological polar surface area (TPSA) is 165 Å². The number of esters is 1. The minimum Gasteiger partial charge on any atom is -0.499 e. The third-order valence-electron chi connectivity index (χ3n) is 8.47. The summed E-state index contributed by atoms with van der Waals surface area (Å²) in [6.45, 7) is 0.278. The normalized spacial score (nSPS) is 28.9. The second-order valence-electron chi connectivity index (χ2n) is 11.1. The van der Waals surface area contributed by atoms with E-state index >= 15 is 0 Å². The summed E-state index contributed by atoms with van der Waals surface area (Å²) >= 11 is 0. The SMILES string of the molecule is O=C(NCCO)c1cccc(CNC(=O)C23CC4OC(=O)C2N(Cc2ccccc2C=COCCO)OC3C2OCOC42)c1. The van der Waals surface area contributed by atoms with E-state index in [0.29, 0.717) is 11.1 Å². The summed E-state index contributed by atoms with van der Waals surface area (Å²) in [5.41, 5.74) is 1.39. The number of hydrogen-bond acceptors (Lipinski definition) is 11. The van der Waals surface area contributed by atoms with Gasteiger partial charge in [0.1, 0.15) is 43.2 Å². The molecular weight excluding hydrogens is 574 g/mol. The second-order valence-corrected chi connectivity index (χ2v) is 11.1. The number of nitrogens with zero attached hydrogens (tertiary/aromatic N) is 1. The van der Waals surface area contributed by atoms with Crippen molar-refractivity contribution in [3.05, 3.63) is 77.0 Å². The van der Waals surface area contributed by atoms with Gasteiger partial charge in [-0.15, -0.1) is 0 Å². The van der Waals surface area contributed by atoms with Gasteiger partial charge in [0.25, 0.3) is 5.91 Å². The minimum absolute atomic E-state index is 0.00177. The zero-order chi connectivity index (χ0) is 30.7. The number of benzene rings is 2. The number of aliphatic hydroxyl groups excluding tert-OH is 2. The van der Waals surface area contributed by atoms with Crippen LogP contribution in [0.1, 0.15) is 33.5 Å².